The molecule has 1 aromatic rings. The SMILES string of the molecule is CCNC(=NCC(c1cccc(Cl)c1)N1CCCC1)NCC. The van der Waals surface area contributed by atoms with Gasteiger partial charge in [-0.1, -0.05) is 23.7 Å². The van der Waals surface area contributed by atoms with Crippen molar-refractivity contribution in [2.45, 2.75) is 32.7 Å². The Morgan fingerprint density at radius 3 is 2.50 bits per heavy atom. The van der Waals surface area contributed by atoms with Gasteiger partial charge in [-0.05, 0) is 57.5 Å². The molecule has 0 saturated carbocycles. The van der Waals surface area contributed by atoms with Crippen LogP contribution in [0, 0.1) is 0 Å². The fourth-order valence-electron chi connectivity index (χ4n) is 2.89. The maximum absolute atomic E-state index is 6.18. The highest BCUT2D eigenvalue weighted by Crippen LogP contribution is 2.27. The van der Waals surface area contributed by atoms with Gasteiger partial charge in [-0.15, -0.1) is 0 Å². The molecular weight excluding hydrogens is 296 g/mol. The zero-order valence-corrected chi connectivity index (χ0v) is 14.4. The summed E-state index contributed by atoms with van der Waals surface area (Å²) >= 11 is 6.18. The standard InChI is InChI=1S/C17H27ClN4/c1-3-19-17(20-4-2)21-13-16(22-10-5-6-11-22)14-8-7-9-15(18)12-14/h7-9,12,16H,3-6,10-11,13H2,1-2H3,(H2,19,20,21). The molecule has 1 unspecified atom stereocenters. The molecular formula is C17H27ClN4. The predicted octanol–water partition coefficient (Wildman–Crippen LogP) is 3.05. The minimum atomic E-state index is 0.300. The smallest absolute Gasteiger partial charge is 0.191 e. The quantitative estimate of drug-likeness (QED) is 0.624. The van der Waals surface area contributed by atoms with Gasteiger partial charge in [-0.3, -0.25) is 9.89 Å². The van der Waals surface area contributed by atoms with Crippen LogP contribution in [-0.4, -0.2) is 43.6 Å². The molecule has 1 aromatic carbocycles. The van der Waals surface area contributed by atoms with Crippen LogP contribution >= 0.6 is 11.6 Å². The molecule has 122 valence electrons. The van der Waals surface area contributed by atoms with Gasteiger partial charge in [0.15, 0.2) is 5.96 Å². The summed E-state index contributed by atoms with van der Waals surface area (Å²) < 4.78 is 0. The fourth-order valence-corrected chi connectivity index (χ4v) is 3.08. The summed E-state index contributed by atoms with van der Waals surface area (Å²) in [5, 5.41) is 7.37. The van der Waals surface area contributed by atoms with Crippen molar-refractivity contribution in [1.29, 1.82) is 0 Å². The Balaban J connectivity index is 2.15. The lowest BCUT2D eigenvalue weighted by atomic mass is 10.1. The van der Waals surface area contributed by atoms with Gasteiger partial charge in [-0.25, -0.2) is 0 Å². The molecule has 5 heteroatoms. The second kappa shape index (κ2) is 9.01. The molecule has 2 N–H and O–H groups in total. The van der Waals surface area contributed by atoms with Crippen LogP contribution in [0.15, 0.2) is 29.3 Å². The number of nitrogens with zero attached hydrogens (tertiary/aromatic N) is 2. The number of hydrogen-bond donors (Lipinski definition) is 2. The first-order valence-electron chi connectivity index (χ1n) is 8.26. The van der Waals surface area contributed by atoms with E-state index < -0.39 is 0 Å². The maximum Gasteiger partial charge on any atom is 0.191 e. The van der Waals surface area contributed by atoms with E-state index >= 15 is 0 Å². The number of guanidine groups is 1. The highest BCUT2D eigenvalue weighted by molar-refractivity contribution is 6.30. The van der Waals surface area contributed by atoms with E-state index in [1.54, 1.807) is 0 Å². The molecule has 2 rings (SSSR count). The molecule has 1 atom stereocenters. The number of benzene rings is 1. The summed E-state index contributed by atoms with van der Waals surface area (Å²) in [4.78, 5) is 7.28. The van der Waals surface area contributed by atoms with E-state index in [4.69, 9.17) is 16.6 Å². The third kappa shape index (κ3) is 4.89. The van der Waals surface area contributed by atoms with Crippen LogP contribution in [0.25, 0.3) is 0 Å². The molecule has 4 nitrogen and oxygen atoms in total. The van der Waals surface area contributed by atoms with Crippen molar-refractivity contribution in [1.82, 2.24) is 15.5 Å². The minimum Gasteiger partial charge on any atom is -0.357 e. The van der Waals surface area contributed by atoms with Gasteiger partial charge in [0, 0.05) is 18.1 Å². The van der Waals surface area contributed by atoms with E-state index in [0.717, 1.165) is 43.7 Å². The van der Waals surface area contributed by atoms with Crippen molar-refractivity contribution < 1.29 is 0 Å². The normalized spacial score (nSPS) is 16.3. The Morgan fingerprint density at radius 2 is 1.91 bits per heavy atom. The van der Waals surface area contributed by atoms with E-state index in [9.17, 15) is 0 Å². The average molecular weight is 323 g/mol. The van der Waals surface area contributed by atoms with Gasteiger partial charge in [0.2, 0.25) is 0 Å². The largest absolute Gasteiger partial charge is 0.357 e. The Kier molecular flexibility index (Phi) is 7.00. The van der Waals surface area contributed by atoms with E-state index in [-0.39, 0.29) is 0 Å². The summed E-state index contributed by atoms with van der Waals surface area (Å²) in [5.41, 5.74) is 1.26. The Labute approximate surface area is 138 Å². The Hall–Kier alpha value is -1.26. The fraction of sp³-hybridized carbons (Fsp3) is 0.588. The second-order valence-electron chi connectivity index (χ2n) is 5.56. The van der Waals surface area contributed by atoms with Gasteiger partial charge in [-0.2, -0.15) is 0 Å². The topological polar surface area (TPSA) is 39.7 Å². The average Bonchev–Trinajstić information content (AvgIpc) is 3.02. The summed E-state index contributed by atoms with van der Waals surface area (Å²) in [6.45, 7) is 8.95. The van der Waals surface area contributed by atoms with Gasteiger partial charge in [0.05, 0.1) is 12.6 Å². The van der Waals surface area contributed by atoms with Crippen LogP contribution in [0.4, 0.5) is 0 Å². The molecule has 1 heterocycles. The van der Waals surface area contributed by atoms with Crippen LogP contribution in [0.2, 0.25) is 5.02 Å². The lowest BCUT2D eigenvalue weighted by molar-refractivity contribution is 0.251. The summed E-state index contributed by atoms with van der Waals surface area (Å²) in [5.74, 6) is 0.885. The number of aliphatic imine (C=N–C) groups is 1. The highest BCUT2D eigenvalue weighted by Gasteiger charge is 2.23. The number of hydrogen-bond acceptors (Lipinski definition) is 2. The van der Waals surface area contributed by atoms with Crippen molar-refractivity contribution in [3.63, 3.8) is 0 Å². The van der Waals surface area contributed by atoms with E-state index in [0.29, 0.717) is 6.04 Å². The molecule has 0 aliphatic carbocycles. The van der Waals surface area contributed by atoms with Crippen LogP contribution < -0.4 is 10.6 Å². The molecule has 0 aromatic heterocycles. The van der Waals surface area contributed by atoms with Crippen molar-refractivity contribution in [3.05, 3.63) is 34.9 Å². The van der Waals surface area contributed by atoms with Crippen LogP contribution in [0.3, 0.4) is 0 Å². The van der Waals surface area contributed by atoms with Crippen molar-refractivity contribution in [2.24, 2.45) is 4.99 Å². The Morgan fingerprint density at radius 1 is 1.23 bits per heavy atom. The van der Waals surface area contributed by atoms with Gasteiger partial charge in [0.25, 0.3) is 0 Å². The van der Waals surface area contributed by atoms with Crippen molar-refractivity contribution in [2.75, 3.05) is 32.7 Å². The van der Waals surface area contributed by atoms with Crippen LogP contribution in [-0.2, 0) is 0 Å². The Bertz CT molecular complexity index is 475. The molecule has 0 spiro atoms. The first-order valence-corrected chi connectivity index (χ1v) is 8.64. The molecule has 0 radical (unpaired) electrons. The third-order valence-electron chi connectivity index (χ3n) is 3.93. The molecule has 0 bridgehead atoms. The second-order valence-corrected chi connectivity index (χ2v) is 6.00. The molecule has 1 aliphatic heterocycles. The molecule has 22 heavy (non-hydrogen) atoms. The lowest BCUT2D eigenvalue weighted by Gasteiger charge is -2.27. The minimum absolute atomic E-state index is 0.300. The maximum atomic E-state index is 6.18. The molecule has 1 fully saturated rings. The molecule has 1 aliphatic rings. The monoisotopic (exact) mass is 322 g/mol. The zero-order valence-electron chi connectivity index (χ0n) is 13.6. The molecule has 0 amide bonds. The van der Waals surface area contributed by atoms with E-state index in [1.807, 2.05) is 12.1 Å². The van der Waals surface area contributed by atoms with Gasteiger partial charge in [0.1, 0.15) is 0 Å². The number of nitrogens with one attached hydrogen (secondary N) is 2. The zero-order chi connectivity index (χ0) is 15.8. The van der Waals surface area contributed by atoms with Crippen LogP contribution in [0.1, 0.15) is 38.3 Å². The first-order chi connectivity index (χ1) is 10.7. The molecule has 1 saturated heterocycles. The van der Waals surface area contributed by atoms with Crippen LogP contribution in [0.5, 0.6) is 0 Å². The van der Waals surface area contributed by atoms with E-state index in [1.165, 1.54) is 18.4 Å². The third-order valence-corrected chi connectivity index (χ3v) is 4.16. The lowest BCUT2D eigenvalue weighted by Crippen LogP contribution is -2.38. The van der Waals surface area contributed by atoms with Gasteiger partial charge >= 0.3 is 0 Å². The van der Waals surface area contributed by atoms with Crippen molar-refractivity contribution >= 4 is 17.6 Å². The highest BCUT2D eigenvalue weighted by atomic mass is 35.5. The van der Waals surface area contributed by atoms with Gasteiger partial charge < -0.3 is 10.6 Å². The van der Waals surface area contributed by atoms with Crippen molar-refractivity contribution in [3.8, 4) is 0 Å². The summed E-state index contributed by atoms with van der Waals surface area (Å²) in [7, 11) is 0. The number of likely N-dealkylation sites (tertiary alicyclic amines) is 1. The number of rotatable bonds is 6. The summed E-state index contributed by atoms with van der Waals surface area (Å²) in [6, 6.07) is 8.48. The first kappa shape index (κ1) is 17.1. The predicted molar refractivity (Wildman–Crippen MR) is 94.7 cm³/mol. The summed E-state index contributed by atoms with van der Waals surface area (Å²) in [6.07, 6.45) is 2.54. The number of halogens is 1. The van der Waals surface area contributed by atoms with E-state index in [2.05, 4.69) is 41.5 Å².